The van der Waals surface area contributed by atoms with Gasteiger partial charge in [-0.05, 0) is 17.4 Å². The van der Waals surface area contributed by atoms with Crippen LogP contribution in [0.15, 0.2) is 35.3 Å². The van der Waals surface area contributed by atoms with Crippen LogP contribution in [0.3, 0.4) is 0 Å². The molecular formula is C15H22NOP. The number of aliphatic imine (C=N–C) groups is 1. The summed E-state index contributed by atoms with van der Waals surface area (Å²) in [6.45, 7) is 9.83. The number of nitrogens with zero attached hydrogens (tertiary/aromatic N) is 1. The van der Waals surface area contributed by atoms with Gasteiger partial charge in [0, 0.05) is 6.16 Å². The van der Waals surface area contributed by atoms with Gasteiger partial charge in [-0.15, -0.1) is 0 Å². The van der Waals surface area contributed by atoms with Crippen LogP contribution in [0, 0.1) is 0 Å². The summed E-state index contributed by atoms with van der Waals surface area (Å²) in [6, 6.07) is 10.8. The summed E-state index contributed by atoms with van der Waals surface area (Å²) in [5, 5.41) is 1.71. The van der Waals surface area contributed by atoms with E-state index < -0.39 is 0 Å². The molecule has 2 atom stereocenters. The van der Waals surface area contributed by atoms with Gasteiger partial charge in [0.1, 0.15) is 6.10 Å². The van der Waals surface area contributed by atoms with Crippen LogP contribution in [0.2, 0.25) is 0 Å². The number of hydrogen-bond donors (Lipinski definition) is 0. The maximum Gasteiger partial charge on any atom is 0.188 e. The topological polar surface area (TPSA) is 21.6 Å². The fraction of sp³-hybridized carbons (Fsp3) is 0.533. The number of ether oxygens (including phenoxy) is 1. The smallest absolute Gasteiger partial charge is 0.188 e. The van der Waals surface area contributed by atoms with Crippen molar-refractivity contribution in [3.63, 3.8) is 0 Å². The molecule has 0 aromatic heterocycles. The molecule has 1 heterocycles. The Labute approximate surface area is 111 Å². The molecule has 3 heteroatoms. The first kappa shape index (κ1) is 13.5. The van der Waals surface area contributed by atoms with Crippen molar-refractivity contribution in [1.82, 2.24) is 0 Å². The Morgan fingerprint density at radius 2 is 1.94 bits per heavy atom. The van der Waals surface area contributed by atoms with Crippen LogP contribution >= 0.6 is 7.92 Å². The van der Waals surface area contributed by atoms with Crippen molar-refractivity contribution in [3.05, 3.63) is 30.3 Å². The zero-order valence-corrected chi connectivity index (χ0v) is 12.6. The van der Waals surface area contributed by atoms with E-state index >= 15 is 0 Å². The molecule has 18 heavy (non-hydrogen) atoms. The molecule has 2 rings (SSSR count). The summed E-state index contributed by atoms with van der Waals surface area (Å²) in [7, 11) is -0.283. The SMILES string of the molecule is C[C@H]1CN=C(C[P@@](c2ccccc2)C(C)(C)C)O1. The summed E-state index contributed by atoms with van der Waals surface area (Å²) >= 11 is 0. The maximum absolute atomic E-state index is 5.77. The standard InChI is InChI=1S/C15H22NOP/c1-12-10-16-14(17-12)11-18(15(2,3)4)13-8-6-5-7-9-13/h5-9,12H,10-11H2,1-4H3/t12-,18-/m0/s1. The van der Waals surface area contributed by atoms with Gasteiger partial charge in [0.2, 0.25) is 0 Å². The normalized spacial score (nSPS) is 21.3. The highest BCUT2D eigenvalue weighted by molar-refractivity contribution is 7.67. The Morgan fingerprint density at radius 3 is 2.44 bits per heavy atom. The van der Waals surface area contributed by atoms with Crippen LogP contribution in [0.1, 0.15) is 27.7 Å². The van der Waals surface area contributed by atoms with E-state index in [0.29, 0.717) is 0 Å². The molecule has 0 spiro atoms. The highest BCUT2D eigenvalue weighted by atomic mass is 31.1. The van der Waals surface area contributed by atoms with Crippen molar-refractivity contribution in [3.8, 4) is 0 Å². The monoisotopic (exact) mass is 263 g/mol. The van der Waals surface area contributed by atoms with Gasteiger partial charge < -0.3 is 4.74 Å². The van der Waals surface area contributed by atoms with Crippen LogP contribution in [0.25, 0.3) is 0 Å². The molecule has 0 radical (unpaired) electrons. The molecule has 0 aliphatic carbocycles. The third-order valence-electron chi connectivity index (χ3n) is 3.03. The van der Waals surface area contributed by atoms with Crippen molar-refractivity contribution < 1.29 is 4.74 Å². The molecule has 0 amide bonds. The predicted molar refractivity (Wildman–Crippen MR) is 80.5 cm³/mol. The maximum atomic E-state index is 5.77. The lowest BCUT2D eigenvalue weighted by Gasteiger charge is -2.31. The minimum Gasteiger partial charge on any atom is -0.476 e. The van der Waals surface area contributed by atoms with Crippen LogP contribution in [-0.4, -0.2) is 29.9 Å². The molecular weight excluding hydrogens is 241 g/mol. The van der Waals surface area contributed by atoms with E-state index in [1.807, 2.05) is 0 Å². The number of rotatable bonds is 3. The van der Waals surface area contributed by atoms with E-state index in [1.54, 1.807) is 0 Å². The predicted octanol–water partition coefficient (Wildman–Crippen LogP) is 3.41. The molecule has 1 aliphatic rings. The summed E-state index contributed by atoms with van der Waals surface area (Å²) < 4.78 is 5.77. The summed E-state index contributed by atoms with van der Waals surface area (Å²) in [5.74, 6) is 0.951. The number of benzene rings is 1. The second kappa shape index (κ2) is 5.40. The molecule has 2 nitrogen and oxygen atoms in total. The van der Waals surface area contributed by atoms with Gasteiger partial charge in [0.25, 0.3) is 0 Å². The molecule has 98 valence electrons. The largest absolute Gasteiger partial charge is 0.476 e. The van der Waals surface area contributed by atoms with Crippen LogP contribution in [0.4, 0.5) is 0 Å². The third-order valence-corrected chi connectivity index (χ3v) is 6.16. The summed E-state index contributed by atoms with van der Waals surface area (Å²) in [4.78, 5) is 4.51. The average Bonchev–Trinajstić information content (AvgIpc) is 2.72. The van der Waals surface area contributed by atoms with Gasteiger partial charge in [-0.1, -0.05) is 59.0 Å². The summed E-state index contributed by atoms with van der Waals surface area (Å²) in [5.41, 5.74) is 0. The minimum atomic E-state index is -0.283. The highest BCUT2D eigenvalue weighted by Gasteiger charge is 2.29. The number of hydrogen-bond acceptors (Lipinski definition) is 2. The van der Waals surface area contributed by atoms with Crippen molar-refractivity contribution in [2.24, 2.45) is 4.99 Å². The zero-order chi connectivity index (χ0) is 13.2. The van der Waals surface area contributed by atoms with Gasteiger partial charge >= 0.3 is 0 Å². The molecule has 0 saturated carbocycles. The van der Waals surface area contributed by atoms with Crippen LogP contribution in [0.5, 0.6) is 0 Å². The molecule has 0 saturated heterocycles. The molecule has 1 aliphatic heterocycles. The Balaban J connectivity index is 2.17. The van der Waals surface area contributed by atoms with E-state index in [9.17, 15) is 0 Å². The van der Waals surface area contributed by atoms with Gasteiger partial charge in [-0.3, -0.25) is 4.99 Å². The Kier molecular flexibility index (Phi) is 4.07. The van der Waals surface area contributed by atoms with Gasteiger partial charge in [0.05, 0.1) is 6.54 Å². The first-order valence-corrected chi connectivity index (χ1v) is 8.02. The molecule has 0 fully saturated rings. The van der Waals surface area contributed by atoms with E-state index in [2.05, 4.69) is 63.0 Å². The lowest BCUT2D eigenvalue weighted by molar-refractivity contribution is 0.244. The van der Waals surface area contributed by atoms with Crippen molar-refractivity contribution >= 4 is 19.1 Å². The van der Waals surface area contributed by atoms with E-state index in [-0.39, 0.29) is 19.2 Å². The highest BCUT2D eigenvalue weighted by Crippen LogP contribution is 2.48. The lowest BCUT2D eigenvalue weighted by atomic mass is 10.3. The molecule has 1 aromatic carbocycles. The zero-order valence-electron chi connectivity index (χ0n) is 11.7. The quantitative estimate of drug-likeness (QED) is 0.766. The second-order valence-electron chi connectivity index (χ2n) is 5.76. The second-order valence-corrected chi connectivity index (χ2v) is 8.79. The van der Waals surface area contributed by atoms with E-state index in [4.69, 9.17) is 4.74 Å². The van der Waals surface area contributed by atoms with E-state index in [0.717, 1.165) is 18.6 Å². The summed E-state index contributed by atoms with van der Waals surface area (Å²) in [6.07, 6.45) is 1.22. The molecule has 1 aromatic rings. The van der Waals surface area contributed by atoms with Crippen molar-refractivity contribution in [1.29, 1.82) is 0 Å². The van der Waals surface area contributed by atoms with Gasteiger partial charge in [0.15, 0.2) is 5.90 Å². The molecule has 0 N–H and O–H groups in total. The lowest BCUT2D eigenvalue weighted by Crippen LogP contribution is -2.24. The molecule has 0 unspecified atom stereocenters. The van der Waals surface area contributed by atoms with Crippen LogP contribution < -0.4 is 5.30 Å². The van der Waals surface area contributed by atoms with E-state index in [1.165, 1.54) is 5.30 Å². The van der Waals surface area contributed by atoms with Crippen molar-refractivity contribution in [2.75, 3.05) is 12.7 Å². The Hall–Kier alpha value is -0.880. The first-order chi connectivity index (χ1) is 8.47. The minimum absolute atomic E-state index is 0.257. The third kappa shape index (κ3) is 3.32. The Morgan fingerprint density at radius 1 is 1.28 bits per heavy atom. The first-order valence-electron chi connectivity index (χ1n) is 6.49. The van der Waals surface area contributed by atoms with Gasteiger partial charge in [-0.2, -0.15) is 0 Å². The van der Waals surface area contributed by atoms with Crippen LogP contribution in [-0.2, 0) is 4.74 Å². The fourth-order valence-electron chi connectivity index (χ4n) is 2.08. The molecule has 0 bridgehead atoms. The fourth-order valence-corrected chi connectivity index (χ4v) is 4.49. The Bertz CT molecular complexity index is 422. The van der Waals surface area contributed by atoms with Gasteiger partial charge in [-0.25, -0.2) is 0 Å². The van der Waals surface area contributed by atoms with Crippen molar-refractivity contribution in [2.45, 2.75) is 39.0 Å². The average molecular weight is 263 g/mol.